The molecular formula is C21H20Cl2N2O3S2. The highest BCUT2D eigenvalue weighted by molar-refractivity contribution is 7.94. The molecule has 0 spiro atoms. The quantitative estimate of drug-likeness (QED) is 0.475. The van der Waals surface area contributed by atoms with Gasteiger partial charge in [0, 0.05) is 24.6 Å². The smallest absolute Gasteiger partial charge is 0.271 e. The van der Waals surface area contributed by atoms with Gasteiger partial charge in [-0.1, -0.05) is 53.5 Å². The fourth-order valence-corrected chi connectivity index (χ4v) is 6.26. The van der Waals surface area contributed by atoms with Crippen LogP contribution in [0.3, 0.4) is 0 Å². The Balaban J connectivity index is 1.59. The Hall–Kier alpha value is -1.77. The van der Waals surface area contributed by atoms with Gasteiger partial charge in [-0.2, -0.15) is 0 Å². The van der Waals surface area contributed by atoms with Crippen molar-refractivity contribution in [1.82, 2.24) is 5.32 Å². The summed E-state index contributed by atoms with van der Waals surface area (Å²) in [5.41, 5.74) is 1.53. The molecule has 3 aromatic rings. The molecule has 2 aromatic carbocycles. The number of benzene rings is 2. The molecule has 2 heterocycles. The van der Waals surface area contributed by atoms with E-state index in [0.717, 1.165) is 29.9 Å². The summed E-state index contributed by atoms with van der Waals surface area (Å²) in [5, 5.41) is 3.68. The lowest BCUT2D eigenvalue weighted by molar-refractivity contribution is 0.111. The molecule has 1 aliphatic heterocycles. The maximum atomic E-state index is 13.0. The van der Waals surface area contributed by atoms with Crippen molar-refractivity contribution in [3.63, 3.8) is 0 Å². The van der Waals surface area contributed by atoms with Crippen LogP contribution in [0.15, 0.2) is 58.8 Å². The van der Waals surface area contributed by atoms with E-state index in [-0.39, 0.29) is 9.81 Å². The first-order valence-electron chi connectivity index (χ1n) is 9.33. The summed E-state index contributed by atoms with van der Waals surface area (Å²) in [6.07, 6.45) is 0.843. The monoisotopic (exact) mass is 482 g/mol. The number of sulfonamides is 1. The summed E-state index contributed by atoms with van der Waals surface area (Å²) in [7, 11) is -3.82. The van der Waals surface area contributed by atoms with Crippen molar-refractivity contribution < 1.29 is 13.2 Å². The summed E-state index contributed by atoms with van der Waals surface area (Å²) < 4.78 is 35.2. The molecule has 1 atom stereocenters. The molecule has 2 N–H and O–H groups in total. The van der Waals surface area contributed by atoms with Crippen LogP contribution in [0.5, 0.6) is 5.75 Å². The van der Waals surface area contributed by atoms with Gasteiger partial charge in [-0.3, -0.25) is 4.72 Å². The first-order valence-corrected chi connectivity index (χ1v) is 12.4. The molecule has 0 amide bonds. The molecule has 0 radical (unpaired) electrons. The van der Waals surface area contributed by atoms with Gasteiger partial charge in [0.2, 0.25) is 0 Å². The molecule has 0 aliphatic carbocycles. The molecule has 0 saturated carbocycles. The second-order valence-corrected chi connectivity index (χ2v) is 11.3. The van der Waals surface area contributed by atoms with Crippen molar-refractivity contribution in [1.29, 1.82) is 0 Å². The van der Waals surface area contributed by atoms with Gasteiger partial charge < -0.3 is 10.1 Å². The predicted molar refractivity (Wildman–Crippen MR) is 124 cm³/mol. The average Bonchev–Trinajstić information content (AvgIpc) is 3.31. The maximum absolute atomic E-state index is 13.0. The van der Waals surface area contributed by atoms with Gasteiger partial charge in [-0.05, 0) is 37.2 Å². The zero-order valence-corrected chi connectivity index (χ0v) is 19.3. The third-order valence-electron chi connectivity index (χ3n) is 4.88. The van der Waals surface area contributed by atoms with E-state index in [1.54, 1.807) is 24.3 Å². The SMILES string of the molecule is C[C@@]1(Oc2cc(NS(=O)(=O)c3cc(-c4ccccc4)c(Cl)s3)ccc2Cl)CCNC1. The van der Waals surface area contributed by atoms with Crippen LogP contribution in [0.1, 0.15) is 13.3 Å². The van der Waals surface area contributed by atoms with E-state index >= 15 is 0 Å². The van der Waals surface area contributed by atoms with Gasteiger partial charge in [-0.25, -0.2) is 8.42 Å². The summed E-state index contributed by atoms with van der Waals surface area (Å²) in [6, 6.07) is 15.9. The lowest BCUT2D eigenvalue weighted by Gasteiger charge is -2.25. The van der Waals surface area contributed by atoms with Gasteiger partial charge in [0.1, 0.15) is 19.9 Å². The van der Waals surface area contributed by atoms with E-state index in [0.29, 0.717) is 32.9 Å². The number of hydrogen-bond acceptors (Lipinski definition) is 5. The fraction of sp³-hybridized carbons (Fsp3) is 0.238. The van der Waals surface area contributed by atoms with Crippen molar-refractivity contribution in [2.24, 2.45) is 0 Å². The van der Waals surface area contributed by atoms with Crippen LogP contribution in [-0.2, 0) is 10.0 Å². The van der Waals surface area contributed by atoms with E-state index < -0.39 is 10.0 Å². The Labute approximate surface area is 190 Å². The van der Waals surface area contributed by atoms with Gasteiger partial charge in [-0.15, -0.1) is 11.3 Å². The third-order valence-corrected chi connectivity index (χ3v) is 8.41. The molecule has 1 fully saturated rings. The van der Waals surface area contributed by atoms with Crippen molar-refractivity contribution in [3.05, 3.63) is 64.0 Å². The van der Waals surface area contributed by atoms with Gasteiger partial charge in [0.25, 0.3) is 10.0 Å². The van der Waals surface area contributed by atoms with Crippen molar-refractivity contribution in [3.8, 4) is 16.9 Å². The normalized spacial score (nSPS) is 19.0. The molecule has 1 aliphatic rings. The zero-order valence-electron chi connectivity index (χ0n) is 16.1. The average molecular weight is 483 g/mol. The molecule has 1 aromatic heterocycles. The number of nitrogens with one attached hydrogen (secondary N) is 2. The lowest BCUT2D eigenvalue weighted by atomic mass is 10.1. The molecule has 9 heteroatoms. The van der Waals surface area contributed by atoms with E-state index in [1.165, 1.54) is 0 Å². The van der Waals surface area contributed by atoms with Gasteiger partial charge in [0.15, 0.2) is 0 Å². The first kappa shape index (κ1) is 21.5. The fourth-order valence-electron chi connectivity index (χ4n) is 3.29. The van der Waals surface area contributed by atoms with E-state index in [2.05, 4.69) is 10.0 Å². The molecule has 0 unspecified atom stereocenters. The van der Waals surface area contributed by atoms with Crippen molar-refractivity contribution in [2.45, 2.75) is 23.2 Å². The van der Waals surface area contributed by atoms with Crippen LogP contribution < -0.4 is 14.8 Å². The van der Waals surface area contributed by atoms with E-state index in [1.807, 2.05) is 37.3 Å². The van der Waals surface area contributed by atoms with Crippen LogP contribution >= 0.6 is 34.5 Å². The van der Waals surface area contributed by atoms with Crippen LogP contribution in [-0.4, -0.2) is 27.1 Å². The molecule has 30 heavy (non-hydrogen) atoms. The molecule has 0 bridgehead atoms. The van der Waals surface area contributed by atoms with Crippen LogP contribution in [0.2, 0.25) is 9.36 Å². The number of halogens is 2. The maximum Gasteiger partial charge on any atom is 0.271 e. The summed E-state index contributed by atoms with van der Waals surface area (Å²) in [5.74, 6) is 0.442. The highest BCUT2D eigenvalue weighted by Gasteiger charge is 2.31. The first-order chi connectivity index (χ1) is 14.3. The van der Waals surface area contributed by atoms with E-state index in [9.17, 15) is 8.42 Å². The molecule has 5 nitrogen and oxygen atoms in total. The minimum atomic E-state index is -3.82. The Morgan fingerprint density at radius 3 is 2.60 bits per heavy atom. The minimum absolute atomic E-state index is 0.135. The third kappa shape index (κ3) is 4.60. The Bertz CT molecular complexity index is 1160. The largest absolute Gasteiger partial charge is 0.485 e. The van der Waals surface area contributed by atoms with E-state index in [4.69, 9.17) is 27.9 Å². The second kappa shape index (κ2) is 8.40. The van der Waals surface area contributed by atoms with Crippen LogP contribution in [0, 0.1) is 0 Å². The topological polar surface area (TPSA) is 67.4 Å². The van der Waals surface area contributed by atoms with Crippen molar-refractivity contribution >= 4 is 50.2 Å². The molecular weight excluding hydrogens is 463 g/mol. The number of hydrogen-bond donors (Lipinski definition) is 2. The summed E-state index contributed by atoms with van der Waals surface area (Å²) in [4.78, 5) is 0. The van der Waals surface area contributed by atoms with Gasteiger partial charge in [0.05, 0.1) is 10.7 Å². The second-order valence-electron chi connectivity index (χ2n) is 7.35. The van der Waals surface area contributed by atoms with Crippen LogP contribution in [0.4, 0.5) is 5.69 Å². The number of ether oxygens (including phenoxy) is 1. The minimum Gasteiger partial charge on any atom is -0.485 e. The summed E-state index contributed by atoms with van der Waals surface area (Å²) >= 11 is 13.6. The summed E-state index contributed by atoms with van der Waals surface area (Å²) in [6.45, 7) is 3.57. The van der Waals surface area contributed by atoms with Crippen molar-refractivity contribution in [2.75, 3.05) is 17.8 Å². The zero-order chi connectivity index (χ0) is 21.4. The Morgan fingerprint density at radius 1 is 1.13 bits per heavy atom. The molecule has 158 valence electrons. The highest BCUT2D eigenvalue weighted by atomic mass is 35.5. The molecule has 1 saturated heterocycles. The Kier molecular flexibility index (Phi) is 6.01. The van der Waals surface area contributed by atoms with Gasteiger partial charge >= 0.3 is 0 Å². The highest BCUT2D eigenvalue weighted by Crippen LogP contribution is 2.39. The number of thiophene rings is 1. The van der Waals surface area contributed by atoms with Crippen LogP contribution in [0.25, 0.3) is 11.1 Å². The number of rotatable bonds is 6. The predicted octanol–water partition coefficient (Wildman–Crippen LogP) is 5.65. The molecule has 4 rings (SSSR count). The lowest BCUT2D eigenvalue weighted by Crippen LogP contribution is -2.34. The Morgan fingerprint density at radius 2 is 1.90 bits per heavy atom. The number of anilines is 1. The standard InChI is InChI=1S/C21H20Cl2N2O3S2/c1-21(9-10-24-13-21)28-18-11-15(7-8-17(18)22)25-30(26,27)19-12-16(20(23)29-19)14-5-3-2-4-6-14/h2-8,11-12,24-25H,9-10,13H2,1H3/t21-/m1/s1.